The van der Waals surface area contributed by atoms with E-state index in [-0.39, 0.29) is 12.2 Å². The number of nitrogens with zero attached hydrogens (tertiary/aromatic N) is 2. The van der Waals surface area contributed by atoms with Crippen molar-refractivity contribution in [1.29, 1.82) is 0 Å². The number of ether oxygens (including phenoxy) is 3. The molecule has 6 nitrogen and oxygen atoms in total. The summed E-state index contributed by atoms with van der Waals surface area (Å²) in [5.41, 5.74) is 0.355. The second-order valence-electron chi connectivity index (χ2n) is 8.23. The molecule has 3 rings (SSSR count). The van der Waals surface area contributed by atoms with Crippen molar-refractivity contribution in [3.05, 3.63) is 17.7 Å². The molecule has 1 unspecified atom stereocenters. The van der Waals surface area contributed by atoms with E-state index in [1.807, 2.05) is 32.9 Å². The van der Waals surface area contributed by atoms with Gasteiger partial charge >= 0.3 is 6.09 Å². The Labute approximate surface area is 155 Å². The Balaban J connectivity index is 1.66. The molecule has 1 saturated carbocycles. The van der Waals surface area contributed by atoms with Crippen LogP contribution < -0.4 is 9.47 Å². The number of carbonyl (C=O) groups is 1. The van der Waals surface area contributed by atoms with Crippen molar-refractivity contribution in [3.63, 3.8) is 0 Å². The fourth-order valence-electron chi connectivity index (χ4n) is 3.50. The first-order valence-corrected chi connectivity index (χ1v) is 9.59. The molecule has 0 N–H and O–H groups in total. The van der Waals surface area contributed by atoms with Crippen molar-refractivity contribution in [2.45, 2.75) is 71.6 Å². The molecule has 1 atom stereocenters. The first-order chi connectivity index (χ1) is 12.3. The second-order valence-corrected chi connectivity index (χ2v) is 8.23. The third-order valence-corrected chi connectivity index (χ3v) is 4.90. The highest BCUT2D eigenvalue weighted by atomic mass is 16.6. The zero-order valence-corrected chi connectivity index (χ0v) is 16.3. The molecular weight excluding hydrogens is 332 g/mol. The standard InChI is InChI=1S/C20H30N2O4/c1-14(15-7-5-6-8-15)25-17-10-9-16-13-22(11-12-24-18(16)21-17)19(23)26-20(2,3)4/h9-10,14-15H,5-8,11-13H2,1-4H3. The van der Waals surface area contributed by atoms with Crippen molar-refractivity contribution in [1.82, 2.24) is 9.88 Å². The monoisotopic (exact) mass is 362 g/mol. The van der Waals surface area contributed by atoms with E-state index in [1.165, 1.54) is 25.7 Å². The minimum atomic E-state index is -0.514. The zero-order chi connectivity index (χ0) is 18.7. The molecule has 1 aliphatic heterocycles. The molecule has 6 heteroatoms. The summed E-state index contributed by atoms with van der Waals surface area (Å²) in [6.45, 7) is 9.00. The predicted molar refractivity (Wildman–Crippen MR) is 98.4 cm³/mol. The summed E-state index contributed by atoms with van der Waals surface area (Å²) in [7, 11) is 0. The highest BCUT2D eigenvalue weighted by molar-refractivity contribution is 5.68. The van der Waals surface area contributed by atoms with E-state index in [2.05, 4.69) is 11.9 Å². The molecule has 144 valence electrons. The largest absolute Gasteiger partial charge is 0.475 e. The van der Waals surface area contributed by atoms with Crippen LogP contribution in [0.15, 0.2) is 12.1 Å². The van der Waals surface area contributed by atoms with Gasteiger partial charge in [-0.3, -0.25) is 0 Å². The lowest BCUT2D eigenvalue weighted by molar-refractivity contribution is 0.0225. The van der Waals surface area contributed by atoms with Gasteiger partial charge in [0.25, 0.3) is 0 Å². The number of aromatic nitrogens is 1. The molecule has 1 aliphatic carbocycles. The first kappa shape index (κ1) is 18.8. The maximum absolute atomic E-state index is 12.3. The van der Waals surface area contributed by atoms with E-state index in [0.29, 0.717) is 37.4 Å². The van der Waals surface area contributed by atoms with E-state index < -0.39 is 5.60 Å². The number of rotatable bonds is 3. The zero-order valence-electron chi connectivity index (χ0n) is 16.3. The summed E-state index contributed by atoms with van der Waals surface area (Å²) in [6.07, 6.45) is 4.87. The number of hydrogen-bond donors (Lipinski definition) is 0. The van der Waals surface area contributed by atoms with Gasteiger partial charge in [0, 0.05) is 11.6 Å². The fourth-order valence-corrected chi connectivity index (χ4v) is 3.50. The molecule has 1 aromatic heterocycles. The van der Waals surface area contributed by atoms with Gasteiger partial charge in [0.1, 0.15) is 18.3 Å². The van der Waals surface area contributed by atoms with Crippen LogP contribution in [-0.2, 0) is 11.3 Å². The molecule has 0 bridgehead atoms. The molecule has 26 heavy (non-hydrogen) atoms. The molecular formula is C20H30N2O4. The first-order valence-electron chi connectivity index (χ1n) is 9.59. The predicted octanol–water partition coefficient (Wildman–Crippen LogP) is 4.17. The van der Waals surface area contributed by atoms with Crippen LogP contribution in [0.25, 0.3) is 0 Å². The third kappa shape index (κ3) is 4.80. The van der Waals surface area contributed by atoms with Gasteiger partial charge in [-0.2, -0.15) is 4.98 Å². The van der Waals surface area contributed by atoms with Gasteiger partial charge in [-0.05, 0) is 52.5 Å². The molecule has 0 spiro atoms. The summed E-state index contributed by atoms with van der Waals surface area (Å²) >= 11 is 0. The lowest BCUT2D eigenvalue weighted by Gasteiger charge is -2.26. The van der Waals surface area contributed by atoms with Gasteiger partial charge in [-0.15, -0.1) is 0 Å². The SMILES string of the molecule is CC(Oc1ccc2c(n1)OCCN(C(=O)OC(C)(C)C)C2)C1CCCC1. The molecule has 1 fully saturated rings. The average molecular weight is 362 g/mol. The number of fused-ring (bicyclic) bond motifs is 1. The summed E-state index contributed by atoms with van der Waals surface area (Å²) in [5, 5.41) is 0. The average Bonchev–Trinajstić information content (AvgIpc) is 3.00. The van der Waals surface area contributed by atoms with Crippen LogP contribution in [0.3, 0.4) is 0 Å². The van der Waals surface area contributed by atoms with Crippen LogP contribution in [0.1, 0.15) is 58.9 Å². The van der Waals surface area contributed by atoms with Crippen molar-refractivity contribution in [2.24, 2.45) is 5.92 Å². The van der Waals surface area contributed by atoms with E-state index in [9.17, 15) is 4.79 Å². The highest BCUT2D eigenvalue weighted by Crippen LogP contribution is 2.31. The Kier molecular flexibility index (Phi) is 5.58. The molecule has 0 radical (unpaired) electrons. The van der Waals surface area contributed by atoms with Gasteiger partial charge in [0.15, 0.2) is 0 Å². The summed E-state index contributed by atoms with van der Waals surface area (Å²) in [5.74, 6) is 1.75. The smallest absolute Gasteiger partial charge is 0.410 e. The van der Waals surface area contributed by atoms with E-state index in [1.54, 1.807) is 4.90 Å². The van der Waals surface area contributed by atoms with E-state index in [0.717, 1.165) is 5.56 Å². The lowest BCUT2D eigenvalue weighted by Crippen LogP contribution is -2.37. The van der Waals surface area contributed by atoms with Crippen LogP contribution in [0.5, 0.6) is 11.8 Å². The number of amides is 1. The summed E-state index contributed by atoms with van der Waals surface area (Å²) in [6, 6.07) is 3.80. The van der Waals surface area contributed by atoms with Crippen molar-refractivity contribution >= 4 is 6.09 Å². The van der Waals surface area contributed by atoms with Gasteiger partial charge < -0.3 is 19.1 Å². The van der Waals surface area contributed by atoms with Gasteiger partial charge in [0.2, 0.25) is 11.8 Å². The Morgan fingerprint density at radius 1 is 1.31 bits per heavy atom. The number of hydrogen-bond acceptors (Lipinski definition) is 5. The van der Waals surface area contributed by atoms with Crippen LogP contribution in [0.4, 0.5) is 4.79 Å². The molecule has 2 aliphatic rings. The van der Waals surface area contributed by atoms with Gasteiger partial charge in [-0.1, -0.05) is 12.8 Å². The van der Waals surface area contributed by atoms with Crippen LogP contribution in [0, 0.1) is 5.92 Å². The topological polar surface area (TPSA) is 60.9 Å². The van der Waals surface area contributed by atoms with Gasteiger partial charge in [0.05, 0.1) is 13.1 Å². The Bertz CT molecular complexity index is 635. The number of carbonyl (C=O) groups excluding carboxylic acids is 1. The molecule has 0 aromatic carbocycles. The second kappa shape index (κ2) is 7.72. The highest BCUT2D eigenvalue weighted by Gasteiger charge is 2.27. The maximum Gasteiger partial charge on any atom is 0.410 e. The molecule has 0 saturated heterocycles. The molecule has 1 amide bonds. The Hall–Kier alpha value is -1.98. The lowest BCUT2D eigenvalue weighted by atomic mass is 10.0. The molecule has 1 aromatic rings. The fraction of sp³-hybridized carbons (Fsp3) is 0.700. The Morgan fingerprint density at radius 2 is 2.04 bits per heavy atom. The Morgan fingerprint density at radius 3 is 2.73 bits per heavy atom. The quantitative estimate of drug-likeness (QED) is 0.808. The summed E-state index contributed by atoms with van der Waals surface area (Å²) in [4.78, 5) is 18.5. The van der Waals surface area contributed by atoms with Crippen molar-refractivity contribution in [3.8, 4) is 11.8 Å². The third-order valence-electron chi connectivity index (χ3n) is 4.90. The normalized spacial score (nSPS) is 19.3. The van der Waals surface area contributed by atoms with E-state index >= 15 is 0 Å². The molecule has 2 heterocycles. The van der Waals surface area contributed by atoms with Crippen molar-refractivity contribution < 1.29 is 19.0 Å². The van der Waals surface area contributed by atoms with E-state index in [4.69, 9.17) is 14.2 Å². The minimum absolute atomic E-state index is 0.159. The van der Waals surface area contributed by atoms with Gasteiger partial charge in [-0.25, -0.2) is 4.79 Å². The summed E-state index contributed by atoms with van der Waals surface area (Å²) < 4.78 is 17.3. The minimum Gasteiger partial charge on any atom is -0.475 e. The number of pyridine rings is 1. The van der Waals surface area contributed by atoms with Crippen molar-refractivity contribution in [2.75, 3.05) is 13.2 Å². The van der Waals surface area contributed by atoms with Crippen LogP contribution in [-0.4, -0.2) is 40.8 Å². The maximum atomic E-state index is 12.3. The van der Waals surface area contributed by atoms with Crippen LogP contribution >= 0.6 is 0 Å². The van der Waals surface area contributed by atoms with Crippen LogP contribution in [0.2, 0.25) is 0 Å².